The van der Waals surface area contributed by atoms with Crippen LogP contribution in [0.4, 0.5) is 4.39 Å². The van der Waals surface area contributed by atoms with E-state index in [0.717, 1.165) is 18.4 Å². The highest BCUT2D eigenvalue weighted by Crippen LogP contribution is 2.27. The van der Waals surface area contributed by atoms with E-state index in [9.17, 15) is 4.39 Å². The maximum absolute atomic E-state index is 13.0. The summed E-state index contributed by atoms with van der Waals surface area (Å²) in [7, 11) is 1.78. The SMILES string of the molecule is CNC(=S)N/C=C/C1Cc2ccc(F)cc2C1. The number of halogens is 1. The molecule has 0 fully saturated rings. The van der Waals surface area contributed by atoms with Gasteiger partial charge in [-0.15, -0.1) is 0 Å². The lowest BCUT2D eigenvalue weighted by molar-refractivity contribution is 0.625. The highest BCUT2D eigenvalue weighted by atomic mass is 32.1. The molecule has 0 aliphatic heterocycles. The molecule has 0 amide bonds. The maximum atomic E-state index is 13.0. The zero-order chi connectivity index (χ0) is 12.3. The zero-order valence-corrected chi connectivity index (χ0v) is 10.5. The van der Waals surface area contributed by atoms with Gasteiger partial charge in [-0.05, 0) is 60.4 Å². The van der Waals surface area contributed by atoms with Crippen molar-refractivity contribution in [3.05, 3.63) is 47.4 Å². The first-order valence-corrected chi connectivity index (χ1v) is 6.02. The van der Waals surface area contributed by atoms with Crippen LogP contribution in [0, 0.1) is 11.7 Å². The van der Waals surface area contributed by atoms with E-state index in [1.165, 1.54) is 11.6 Å². The van der Waals surface area contributed by atoms with Crippen molar-refractivity contribution in [2.45, 2.75) is 12.8 Å². The van der Waals surface area contributed by atoms with Gasteiger partial charge in [0.1, 0.15) is 5.82 Å². The topological polar surface area (TPSA) is 24.1 Å². The Kier molecular flexibility index (Phi) is 3.74. The predicted molar refractivity (Wildman–Crippen MR) is 71.2 cm³/mol. The molecule has 1 aromatic carbocycles. The van der Waals surface area contributed by atoms with E-state index in [0.29, 0.717) is 11.0 Å². The largest absolute Gasteiger partial charge is 0.366 e. The summed E-state index contributed by atoms with van der Waals surface area (Å²) >= 11 is 4.96. The Morgan fingerprint density at radius 2 is 2.18 bits per heavy atom. The first-order valence-electron chi connectivity index (χ1n) is 5.61. The second-order valence-corrected chi connectivity index (χ2v) is 4.57. The van der Waals surface area contributed by atoms with Gasteiger partial charge in [-0.1, -0.05) is 12.1 Å². The van der Waals surface area contributed by atoms with Crippen LogP contribution in [-0.4, -0.2) is 12.2 Å². The van der Waals surface area contributed by atoms with Gasteiger partial charge in [0.15, 0.2) is 5.11 Å². The van der Waals surface area contributed by atoms with Gasteiger partial charge in [0.25, 0.3) is 0 Å². The molecule has 1 aliphatic rings. The molecule has 2 N–H and O–H groups in total. The normalized spacial score (nSPS) is 18.1. The third kappa shape index (κ3) is 3.03. The lowest BCUT2D eigenvalue weighted by Gasteiger charge is -2.03. The first-order chi connectivity index (χ1) is 8.19. The average molecular weight is 250 g/mol. The molecule has 0 aromatic heterocycles. The van der Waals surface area contributed by atoms with Crippen molar-refractivity contribution in [1.82, 2.24) is 10.6 Å². The van der Waals surface area contributed by atoms with E-state index in [-0.39, 0.29) is 5.82 Å². The summed E-state index contributed by atoms with van der Waals surface area (Å²) in [6, 6.07) is 5.04. The van der Waals surface area contributed by atoms with Crippen LogP contribution < -0.4 is 10.6 Å². The molecule has 1 atom stereocenters. The van der Waals surface area contributed by atoms with Crippen LogP contribution >= 0.6 is 12.2 Å². The number of benzene rings is 1. The summed E-state index contributed by atoms with van der Waals surface area (Å²) in [6.07, 6.45) is 5.81. The zero-order valence-electron chi connectivity index (χ0n) is 9.66. The van der Waals surface area contributed by atoms with Gasteiger partial charge in [0.2, 0.25) is 0 Å². The molecule has 0 spiro atoms. The molecule has 1 unspecified atom stereocenters. The smallest absolute Gasteiger partial charge is 0.170 e. The van der Waals surface area contributed by atoms with Crippen molar-refractivity contribution >= 4 is 17.3 Å². The molecule has 2 nitrogen and oxygen atoms in total. The summed E-state index contributed by atoms with van der Waals surface area (Å²) in [5.74, 6) is 0.279. The second-order valence-electron chi connectivity index (χ2n) is 4.16. The van der Waals surface area contributed by atoms with Gasteiger partial charge in [-0.25, -0.2) is 4.39 Å². The summed E-state index contributed by atoms with van der Waals surface area (Å²) < 4.78 is 13.0. The highest BCUT2D eigenvalue weighted by Gasteiger charge is 2.19. The van der Waals surface area contributed by atoms with Crippen molar-refractivity contribution in [3.63, 3.8) is 0 Å². The maximum Gasteiger partial charge on any atom is 0.170 e. The molecule has 0 heterocycles. The van der Waals surface area contributed by atoms with Crippen LogP contribution in [0.1, 0.15) is 11.1 Å². The van der Waals surface area contributed by atoms with E-state index in [1.54, 1.807) is 13.1 Å². The Balaban J connectivity index is 1.94. The van der Waals surface area contributed by atoms with Crippen LogP contribution in [-0.2, 0) is 12.8 Å². The van der Waals surface area contributed by atoms with E-state index in [4.69, 9.17) is 12.2 Å². The van der Waals surface area contributed by atoms with Crippen molar-refractivity contribution in [1.29, 1.82) is 0 Å². The molecular weight excluding hydrogens is 235 g/mol. The minimum atomic E-state index is -0.150. The van der Waals surface area contributed by atoms with Crippen LogP contribution in [0.3, 0.4) is 0 Å². The molecule has 1 aromatic rings. The van der Waals surface area contributed by atoms with Gasteiger partial charge < -0.3 is 10.6 Å². The Bertz CT molecular complexity index is 457. The van der Waals surface area contributed by atoms with E-state index >= 15 is 0 Å². The summed E-state index contributed by atoms with van der Waals surface area (Å²) in [5, 5.41) is 6.40. The number of allylic oxidation sites excluding steroid dienone is 1. The van der Waals surface area contributed by atoms with Gasteiger partial charge in [0.05, 0.1) is 0 Å². The van der Waals surface area contributed by atoms with Gasteiger partial charge in [0, 0.05) is 7.05 Å². The van der Waals surface area contributed by atoms with Gasteiger partial charge >= 0.3 is 0 Å². The molecule has 0 radical (unpaired) electrons. The molecule has 0 saturated heterocycles. The van der Waals surface area contributed by atoms with Crippen LogP contribution in [0.5, 0.6) is 0 Å². The molecule has 17 heavy (non-hydrogen) atoms. The summed E-state index contributed by atoms with van der Waals surface area (Å²) in [5.41, 5.74) is 2.37. The molecule has 2 rings (SSSR count). The lowest BCUT2D eigenvalue weighted by atomic mass is 10.1. The Morgan fingerprint density at radius 1 is 1.41 bits per heavy atom. The van der Waals surface area contributed by atoms with Crippen molar-refractivity contribution < 1.29 is 4.39 Å². The third-order valence-corrected chi connectivity index (χ3v) is 3.26. The average Bonchev–Trinajstić information content (AvgIpc) is 2.70. The lowest BCUT2D eigenvalue weighted by Crippen LogP contribution is -2.28. The number of thiocarbonyl (C=S) groups is 1. The van der Waals surface area contributed by atoms with E-state index in [1.807, 2.05) is 12.3 Å². The number of hydrogen-bond acceptors (Lipinski definition) is 1. The highest BCUT2D eigenvalue weighted by molar-refractivity contribution is 7.80. The fourth-order valence-corrected chi connectivity index (χ4v) is 2.16. The van der Waals surface area contributed by atoms with Crippen LogP contribution in [0.15, 0.2) is 30.5 Å². The standard InChI is InChI=1S/C13H15FN2S/c1-15-13(17)16-5-4-9-6-10-2-3-12(14)8-11(10)7-9/h2-5,8-9H,6-7H2,1H3,(H2,15,16,17)/b5-4+. The fourth-order valence-electron chi connectivity index (χ4n) is 2.09. The summed E-state index contributed by atoms with van der Waals surface area (Å²) in [6.45, 7) is 0. The number of rotatable bonds is 2. The third-order valence-electron chi connectivity index (χ3n) is 2.94. The second kappa shape index (κ2) is 5.27. The Labute approximate surface area is 106 Å². The van der Waals surface area contributed by atoms with Gasteiger partial charge in [-0.2, -0.15) is 0 Å². The van der Waals surface area contributed by atoms with Crippen molar-refractivity contribution in [3.8, 4) is 0 Å². The molecule has 0 bridgehead atoms. The molecular formula is C13H15FN2S. The van der Waals surface area contributed by atoms with E-state index in [2.05, 4.69) is 16.7 Å². The predicted octanol–water partition coefficient (Wildman–Crippen LogP) is 2.15. The molecule has 0 saturated carbocycles. The molecule has 1 aliphatic carbocycles. The monoisotopic (exact) mass is 250 g/mol. The van der Waals surface area contributed by atoms with Crippen LogP contribution in [0.2, 0.25) is 0 Å². The number of hydrogen-bond donors (Lipinski definition) is 2. The van der Waals surface area contributed by atoms with E-state index < -0.39 is 0 Å². The minimum absolute atomic E-state index is 0.150. The van der Waals surface area contributed by atoms with Crippen molar-refractivity contribution in [2.24, 2.45) is 5.92 Å². The Morgan fingerprint density at radius 3 is 2.94 bits per heavy atom. The summed E-state index contributed by atoms with van der Waals surface area (Å²) in [4.78, 5) is 0. The molecule has 90 valence electrons. The minimum Gasteiger partial charge on any atom is -0.366 e. The Hall–Kier alpha value is -1.42. The van der Waals surface area contributed by atoms with Crippen LogP contribution in [0.25, 0.3) is 0 Å². The fraction of sp³-hybridized carbons (Fsp3) is 0.308. The van der Waals surface area contributed by atoms with Gasteiger partial charge in [-0.3, -0.25) is 0 Å². The quantitative estimate of drug-likeness (QED) is 0.786. The van der Waals surface area contributed by atoms with Crippen molar-refractivity contribution in [2.75, 3.05) is 7.05 Å². The first kappa shape index (κ1) is 12.0. The number of nitrogens with one attached hydrogen (secondary N) is 2. The number of fused-ring (bicyclic) bond motifs is 1. The molecule has 4 heteroatoms.